The molecule has 0 amide bonds. The molecule has 0 aliphatic heterocycles. The molecule has 0 aliphatic carbocycles. The molecule has 13 heavy (non-hydrogen) atoms. The van der Waals surface area contributed by atoms with E-state index in [-0.39, 0.29) is 0 Å². The van der Waals surface area contributed by atoms with Gasteiger partial charge < -0.3 is 0 Å². The summed E-state index contributed by atoms with van der Waals surface area (Å²) in [7, 11) is 0. The fraction of sp³-hybridized carbons (Fsp3) is 0. The maximum Gasteiger partial charge on any atom is 0.0455 e. The lowest BCUT2D eigenvalue weighted by molar-refractivity contribution is 1.82. The summed E-state index contributed by atoms with van der Waals surface area (Å²) in [6.45, 7) is 0. The van der Waals surface area contributed by atoms with E-state index in [4.69, 9.17) is 0 Å². The molecule has 0 unspecified atom stereocenters. The highest BCUT2D eigenvalue weighted by Gasteiger charge is 1.99. The lowest BCUT2D eigenvalue weighted by atomic mass is 10.1. The first-order chi connectivity index (χ1) is 6.45. The number of hydrogen-bond acceptors (Lipinski definition) is 1. The second kappa shape index (κ2) is 2.57. The van der Waals surface area contributed by atoms with Crippen molar-refractivity contribution in [1.82, 2.24) is 0 Å². The molecule has 2 aromatic carbocycles. The average molecular weight is 183 g/mol. The van der Waals surface area contributed by atoms with Crippen LogP contribution in [0.25, 0.3) is 20.9 Å². The number of hydrogen-bond donors (Lipinski definition) is 0. The lowest BCUT2D eigenvalue weighted by Crippen LogP contribution is -1.70. The van der Waals surface area contributed by atoms with Gasteiger partial charge in [0.05, 0.1) is 0 Å². The van der Waals surface area contributed by atoms with E-state index in [9.17, 15) is 0 Å². The maximum absolute atomic E-state index is 3.17. The molecule has 1 heterocycles. The Labute approximate surface area is 80.4 Å². The molecular weight excluding hydrogens is 176 g/mol. The summed E-state index contributed by atoms with van der Waals surface area (Å²) in [6, 6.07) is 14.8. The molecule has 0 fully saturated rings. The van der Waals surface area contributed by atoms with Crippen molar-refractivity contribution in [3.63, 3.8) is 0 Å². The van der Waals surface area contributed by atoms with Gasteiger partial charge in [0.1, 0.15) is 0 Å². The van der Waals surface area contributed by atoms with Gasteiger partial charge in [0.15, 0.2) is 0 Å². The Bertz CT molecular complexity index is 563. The van der Waals surface area contributed by atoms with Crippen molar-refractivity contribution in [2.24, 2.45) is 0 Å². The van der Waals surface area contributed by atoms with E-state index in [1.807, 2.05) is 6.07 Å². The van der Waals surface area contributed by atoms with Gasteiger partial charge in [-0.2, -0.15) is 0 Å². The summed E-state index contributed by atoms with van der Waals surface area (Å²) in [5.74, 6) is 0. The van der Waals surface area contributed by atoms with Gasteiger partial charge in [-0.3, -0.25) is 0 Å². The molecule has 1 aromatic heterocycles. The van der Waals surface area contributed by atoms with E-state index in [1.165, 1.54) is 20.9 Å². The normalized spacial score (nSPS) is 11.1. The Kier molecular flexibility index (Phi) is 1.41. The molecular formula is C12H7S. The van der Waals surface area contributed by atoms with E-state index >= 15 is 0 Å². The number of rotatable bonds is 0. The molecule has 0 saturated heterocycles. The third-order valence-electron chi connectivity index (χ3n) is 2.29. The van der Waals surface area contributed by atoms with Crippen LogP contribution < -0.4 is 0 Å². The van der Waals surface area contributed by atoms with Crippen LogP contribution in [-0.2, 0) is 0 Å². The van der Waals surface area contributed by atoms with E-state index in [0.717, 1.165) is 0 Å². The fourth-order valence-electron chi connectivity index (χ4n) is 1.64. The van der Waals surface area contributed by atoms with Gasteiger partial charge in [-0.15, -0.1) is 11.3 Å². The van der Waals surface area contributed by atoms with Crippen molar-refractivity contribution in [1.29, 1.82) is 0 Å². The van der Waals surface area contributed by atoms with Crippen LogP contribution in [0.2, 0.25) is 0 Å². The fourth-order valence-corrected chi connectivity index (χ4v) is 2.48. The van der Waals surface area contributed by atoms with Crippen molar-refractivity contribution < 1.29 is 0 Å². The van der Waals surface area contributed by atoms with Crippen molar-refractivity contribution in [2.45, 2.75) is 0 Å². The minimum Gasteiger partial charge on any atom is -0.134 e. The van der Waals surface area contributed by atoms with Gasteiger partial charge in [-0.1, -0.05) is 36.4 Å². The van der Waals surface area contributed by atoms with Gasteiger partial charge in [-0.05, 0) is 22.2 Å². The Morgan fingerprint density at radius 1 is 0.923 bits per heavy atom. The quantitative estimate of drug-likeness (QED) is 0.496. The van der Waals surface area contributed by atoms with Gasteiger partial charge in [0.25, 0.3) is 0 Å². The first kappa shape index (κ1) is 7.10. The minimum atomic E-state index is 1.30. The molecule has 0 saturated carbocycles. The van der Waals surface area contributed by atoms with Crippen molar-refractivity contribution in [3.8, 4) is 0 Å². The SMILES string of the molecule is [c]1cc2ccc3ccccc3c2s1. The molecule has 0 aliphatic rings. The zero-order chi connectivity index (χ0) is 8.67. The molecule has 3 aromatic rings. The van der Waals surface area contributed by atoms with Crippen molar-refractivity contribution in [2.75, 3.05) is 0 Å². The smallest absolute Gasteiger partial charge is 0.0455 e. The van der Waals surface area contributed by atoms with Crippen LogP contribution in [0, 0.1) is 5.38 Å². The molecule has 0 atom stereocenters. The highest BCUT2D eigenvalue weighted by Crippen LogP contribution is 2.28. The van der Waals surface area contributed by atoms with E-state index in [1.54, 1.807) is 11.3 Å². The Morgan fingerprint density at radius 3 is 2.77 bits per heavy atom. The average Bonchev–Trinajstić information content (AvgIpc) is 2.65. The molecule has 1 radical (unpaired) electrons. The van der Waals surface area contributed by atoms with Crippen molar-refractivity contribution in [3.05, 3.63) is 47.8 Å². The lowest BCUT2D eigenvalue weighted by Gasteiger charge is -1.97. The van der Waals surface area contributed by atoms with E-state index < -0.39 is 0 Å². The maximum atomic E-state index is 3.17. The molecule has 61 valence electrons. The Balaban J connectivity index is 2.65. The van der Waals surface area contributed by atoms with Crippen LogP contribution in [0.3, 0.4) is 0 Å². The second-order valence-corrected chi connectivity index (χ2v) is 3.92. The van der Waals surface area contributed by atoms with Crippen LogP contribution in [-0.4, -0.2) is 0 Å². The summed E-state index contributed by atoms with van der Waals surface area (Å²) in [5, 5.41) is 7.12. The van der Waals surface area contributed by atoms with Crippen LogP contribution in [0.4, 0.5) is 0 Å². The van der Waals surface area contributed by atoms with Crippen LogP contribution in [0.15, 0.2) is 42.5 Å². The van der Waals surface area contributed by atoms with Gasteiger partial charge in [0, 0.05) is 10.1 Å². The summed E-state index contributed by atoms with van der Waals surface area (Å²) >= 11 is 1.69. The third kappa shape index (κ3) is 0.973. The monoisotopic (exact) mass is 183 g/mol. The summed E-state index contributed by atoms with van der Waals surface area (Å²) in [4.78, 5) is 0. The first-order valence-corrected chi connectivity index (χ1v) is 5.04. The van der Waals surface area contributed by atoms with Gasteiger partial charge in [0.2, 0.25) is 0 Å². The minimum absolute atomic E-state index is 1.30. The highest BCUT2D eigenvalue weighted by atomic mass is 32.1. The molecule has 0 spiro atoms. The summed E-state index contributed by atoms with van der Waals surface area (Å²) < 4.78 is 1.35. The zero-order valence-corrected chi connectivity index (χ0v) is 7.77. The standard InChI is InChI=1S/C12H7S/c1-2-4-11-9(3-1)5-6-10-7-8-13-12(10)11/h1-7H. The van der Waals surface area contributed by atoms with Crippen LogP contribution >= 0.6 is 11.3 Å². The van der Waals surface area contributed by atoms with E-state index in [0.29, 0.717) is 0 Å². The Morgan fingerprint density at radius 2 is 1.77 bits per heavy atom. The van der Waals surface area contributed by atoms with Crippen LogP contribution in [0.1, 0.15) is 0 Å². The highest BCUT2D eigenvalue weighted by molar-refractivity contribution is 7.17. The largest absolute Gasteiger partial charge is 0.134 e. The topological polar surface area (TPSA) is 0 Å². The summed E-state index contributed by atoms with van der Waals surface area (Å²) in [5.41, 5.74) is 0. The summed E-state index contributed by atoms with van der Waals surface area (Å²) in [6.07, 6.45) is 0. The van der Waals surface area contributed by atoms with Crippen molar-refractivity contribution >= 4 is 32.2 Å². The molecule has 0 bridgehead atoms. The molecule has 3 rings (SSSR count). The first-order valence-electron chi connectivity index (χ1n) is 4.22. The van der Waals surface area contributed by atoms with Gasteiger partial charge in [-0.25, -0.2) is 0 Å². The Hall–Kier alpha value is -1.34. The molecule has 1 heteroatoms. The second-order valence-electron chi connectivity index (χ2n) is 3.07. The van der Waals surface area contributed by atoms with Crippen LogP contribution in [0.5, 0.6) is 0 Å². The predicted octanol–water partition coefficient (Wildman–Crippen LogP) is 3.85. The third-order valence-corrected chi connectivity index (χ3v) is 3.18. The molecule has 0 nitrogen and oxygen atoms in total. The number of benzene rings is 2. The zero-order valence-electron chi connectivity index (χ0n) is 6.95. The number of thiophene rings is 1. The van der Waals surface area contributed by atoms with E-state index in [2.05, 4.69) is 41.8 Å². The number of fused-ring (bicyclic) bond motifs is 3. The molecule has 0 N–H and O–H groups in total. The van der Waals surface area contributed by atoms with Gasteiger partial charge >= 0.3 is 0 Å². The predicted molar refractivity (Wildman–Crippen MR) is 58.2 cm³/mol.